The molecule has 0 aromatic heterocycles. The van der Waals surface area contributed by atoms with Gasteiger partial charge in [0.2, 0.25) is 0 Å². The Morgan fingerprint density at radius 2 is 1.63 bits per heavy atom. The molecule has 0 radical (unpaired) electrons. The molecule has 0 unspecified atom stereocenters. The van der Waals surface area contributed by atoms with Crippen LogP contribution in [0.5, 0.6) is 0 Å². The van der Waals surface area contributed by atoms with Crippen molar-refractivity contribution in [2.24, 2.45) is 0 Å². The number of allylic oxidation sites excluding steroid dienone is 5. The van der Waals surface area contributed by atoms with Crippen LogP contribution < -0.4 is 0 Å². The molecule has 19 heavy (non-hydrogen) atoms. The molecule has 2 rings (SSSR count). The monoisotopic (exact) mass is 246 g/mol. The molecular weight excluding hydrogens is 228 g/mol. The van der Waals surface area contributed by atoms with Gasteiger partial charge in [-0.1, -0.05) is 79.4 Å². The molecule has 0 aliphatic carbocycles. The van der Waals surface area contributed by atoms with Gasteiger partial charge in [-0.2, -0.15) is 0 Å². The highest BCUT2D eigenvalue weighted by atomic mass is 14.0. The van der Waals surface area contributed by atoms with Crippen LogP contribution in [0.25, 0.3) is 16.7 Å². The summed E-state index contributed by atoms with van der Waals surface area (Å²) in [6.07, 6.45) is 7.83. The van der Waals surface area contributed by atoms with Gasteiger partial charge in [0.05, 0.1) is 0 Å². The van der Waals surface area contributed by atoms with E-state index in [0.717, 1.165) is 0 Å². The summed E-state index contributed by atoms with van der Waals surface area (Å²) < 4.78 is 0. The van der Waals surface area contributed by atoms with E-state index >= 15 is 0 Å². The topological polar surface area (TPSA) is 0 Å². The van der Waals surface area contributed by atoms with Gasteiger partial charge in [0.1, 0.15) is 0 Å². The minimum absolute atomic E-state index is 1.25. The Balaban J connectivity index is 2.32. The lowest BCUT2D eigenvalue weighted by molar-refractivity contribution is 1.54. The molecule has 0 fully saturated rings. The van der Waals surface area contributed by atoms with Gasteiger partial charge in [-0.15, -0.1) is 0 Å². The normalized spacial score (nSPS) is 11.7. The van der Waals surface area contributed by atoms with Crippen LogP contribution in [0, 0.1) is 0 Å². The molecule has 0 heterocycles. The molecule has 0 N–H and O–H groups in total. The average molecular weight is 246 g/mol. The first-order chi connectivity index (χ1) is 9.31. The first-order valence-corrected chi connectivity index (χ1v) is 6.43. The SMILES string of the molecule is C=C/C=C\C=C(/C)c1cccc(-c2ccccc2)c1. The van der Waals surface area contributed by atoms with Gasteiger partial charge in [0.15, 0.2) is 0 Å². The van der Waals surface area contributed by atoms with E-state index in [2.05, 4.69) is 68.1 Å². The van der Waals surface area contributed by atoms with Crippen molar-refractivity contribution in [3.63, 3.8) is 0 Å². The molecule has 0 atom stereocenters. The van der Waals surface area contributed by atoms with E-state index in [1.807, 2.05) is 18.2 Å². The summed E-state index contributed by atoms with van der Waals surface area (Å²) in [4.78, 5) is 0. The Morgan fingerprint density at radius 1 is 0.895 bits per heavy atom. The molecule has 0 amide bonds. The van der Waals surface area contributed by atoms with Crippen molar-refractivity contribution < 1.29 is 0 Å². The van der Waals surface area contributed by atoms with Gasteiger partial charge >= 0.3 is 0 Å². The van der Waals surface area contributed by atoms with Crippen LogP contribution in [0.3, 0.4) is 0 Å². The van der Waals surface area contributed by atoms with Crippen LogP contribution in [-0.2, 0) is 0 Å². The first kappa shape index (κ1) is 13.1. The molecule has 2 aromatic rings. The largest absolute Gasteiger partial charge is 0.0991 e. The maximum atomic E-state index is 3.67. The van der Waals surface area contributed by atoms with E-state index in [4.69, 9.17) is 0 Å². The van der Waals surface area contributed by atoms with Gasteiger partial charge in [-0.25, -0.2) is 0 Å². The number of hydrogen-bond acceptors (Lipinski definition) is 0. The molecule has 0 bridgehead atoms. The summed E-state index contributed by atoms with van der Waals surface area (Å²) >= 11 is 0. The van der Waals surface area contributed by atoms with Gasteiger partial charge in [-0.3, -0.25) is 0 Å². The maximum Gasteiger partial charge on any atom is -0.0178 e. The minimum atomic E-state index is 1.25. The van der Waals surface area contributed by atoms with Gasteiger partial charge in [0.25, 0.3) is 0 Å². The van der Waals surface area contributed by atoms with E-state index in [9.17, 15) is 0 Å². The molecular formula is C19H18. The number of rotatable bonds is 4. The Bertz CT molecular complexity index is 601. The average Bonchev–Trinajstić information content (AvgIpc) is 2.48. The van der Waals surface area contributed by atoms with Crippen molar-refractivity contribution in [1.29, 1.82) is 0 Å². The highest BCUT2D eigenvalue weighted by Crippen LogP contribution is 2.23. The fourth-order valence-electron chi connectivity index (χ4n) is 1.95. The second kappa shape index (κ2) is 6.55. The van der Waals surface area contributed by atoms with Crippen LogP contribution in [0.15, 0.2) is 85.5 Å². The van der Waals surface area contributed by atoms with E-state index in [0.29, 0.717) is 0 Å². The van der Waals surface area contributed by atoms with Crippen molar-refractivity contribution in [2.75, 3.05) is 0 Å². The van der Waals surface area contributed by atoms with E-state index in [1.54, 1.807) is 6.08 Å². The third-order valence-corrected chi connectivity index (χ3v) is 3.02. The van der Waals surface area contributed by atoms with Crippen LogP contribution >= 0.6 is 0 Å². The lowest BCUT2D eigenvalue weighted by Gasteiger charge is -2.05. The second-order valence-corrected chi connectivity index (χ2v) is 4.42. The zero-order chi connectivity index (χ0) is 13.5. The summed E-state index contributed by atoms with van der Waals surface area (Å²) in [5.41, 5.74) is 4.99. The standard InChI is InChI=1S/C19H18/c1-3-4-6-10-16(2)18-13-9-14-19(15-18)17-11-7-5-8-12-17/h3-15H,1H2,2H3/b6-4-,16-10+. The fourth-order valence-corrected chi connectivity index (χ4v) is 1.95. The van der Waals surface area contributed by atoms with Crippen molar-refractivity contribution >= 4 is 5.57 Å². The summed E-state index contributed by atoms with van der Waals surface area (Å²) in [7, 11) is 0. The van der Waals surface area contributed by atoms with E-state index in [1.165, 1.54) is 22.3 Å². The van der Waals surface area contributed by atoms with Crippen molar-refractivity contribution in [3.8, 4) is 11.1 Å². The molecule has 94 valence electrons. The Hall–Kier alpha value is -2.34. The highest BCUT2D eigenvalue weighted by molar-refractivity contribution is 5.72. The lowest BCUT2D eigenvalue weighted by Crippen LogP contribution is -1.82. The molecule has 0 aliphatic rings. The molecule has 0 spiro atoms. The second-order valence-electron chi connectivity index (χ2n) is 4.42. The summed E-state index contributed by atoms with van der Waals surface area (Å²) in [6.45, 7) is 5.79. The number of benzene rings is 2. The predicted molar refractivity (Wildman–Crippen MR) is 84.9 cm³/mol. The smallest absolute Gasteiger partial charge is 0.0178 e. The van der Waals surface area contributed by atoms with Gasteiger partial charge < -0.3 is 0 Å². The molecule has 0 nitrogen and oxygen atoms in total. The van der Waals surface area contributed by atoms with E-state index in [-0.39, 0.29) is 0 Å². The van der Waals surface area contributed by atoms with Gasteiger partial charge in [-0.05, 0) is 35.3 Å². The Labute approximate surface area is 115 Å². The Kier molecular flexibility index (Phi) is 4.52. The zero-order valence-corrected chi connectivity index (χ0v) is 11.2. The molecule has 0 heteroatoms. The van der Waals surface area contributed by atoms with Crippen molar-refractivity contribution in [2.45, 2.75) is 6.92 Å². The fraction of sp³-hybridized carbons (Fsp3) is 0.0526. The van der Waals surface area contributed by atoms with Crippen LogP contribution in [0.4, 0.5) is 0 Å². The van der Waals surface area contributed by atoms with E-state index < -0.39 is 0 Å². The Morgan fingerprint density at radius 3 is 2.37 bits per heavy atom. The number of hydrogen-bond donors (Lipinski definition) is 0. The molecule has 0 saturated carbocycles. The van der Waals surface area contributed by atoms with Crippen LogP contribution in [0.1, 0.15) is 12.5 Å². The highest BCUT2D eigenvalue weighted by Gasteiger charge is 1.99. The third-order valence-electron chi connectivity index (χ3n) is 3.02. The molecule has 0 aliphatic heterocycles. The lowest BCUT2D eigenvalue weighted by atomic mass is 9.99. The van der Waals surface area contributed by atoms with Crippen molar-refractivity contribution in [3.05, 3.63) is 91.0 Å². The molecule has 0 saturated heterocycles. The minimum Gasteiger partial charge on any atom is -0.0991 e. The van der Waals surface area contributed by atoms with Crippen LogP contribution in [-0.4, -0.2) is 0 Å². The summed E-state index contributed by atoms with van der Waals surface area (Å²) in [6, 6.07) is 19.1. The summed E-state index contributed by atoms with van der Waals surface area (Å²) in [5, 5.41) is 0. The third kappa shape index (κ3) is 3.56. The first-order valence-electron chi connectivity index (χ1n) is 6.43. The zero-order valence-electron chi connectivity index (χ0n) is 11.2. The van der Waals surface area contributed by atoms with Gasteiger partial charge in [0, 0.05) is 0 Å². The summed E-state index contributed by atoms with van der Waals surface area (Å²) in [5.74, 6) is 0. The maximum absolute atomic E-state index is 3.67. The molecule has 2 aromatic carbocycles. The predicted octanol–water partition coefficient (Wildman–Crippen LogP) is 5.50. The van der Waals surface area contributed by atoms with Crippen molar-refractivity contribution in [1.82, 2.24) is 0 Å². The van der Waals surface area contributed by atoms with Crippen LogP contribution in [0.2, 0.25) is 0 Å². The quantitative estimate of drug-likeness (QED) is 0.625.